The predicted molar refractivity (Wildman–Crippen MR) is 89.1 cm³/mol. The number of alkyl halides is 3. The maximum atomic E-state index is 12.8. The van der Waals surface area contributed by atoms with E-state index in [1.54, 1.807) is 0 Å². The summed E-state index contributed by atoms with van der Waals surface area (Å²) in [5.41, 5.74) is -0.807. The van der Waals surface area contributed by atoms with E-state index >= 15 is 0 Å². The van der Waals surface area contributed by atoms with Crippen LogP contribution in [0.15, 0.2) is 23.2 Å². The van der Waals surface area contributed by atoms with Gasteiger partial charge < -0.3 is 5.32 Å². The van der Waals surface area contributed by atoms with E-state index in [4.69, 9.17) is 11.6 Å². The van der Waals surface area contributed by atoms with E-state index in [1.165, 1.54) is 20.0 Å². The van der Waals surface area contributed by atoms with Gasteiger partial charge in [0.1, 0.15) is 0 Å². The number of carbonyl (C=O) groups excluding carboxylic acids is 3. The highest BCUT2D eigenvalue weighted by atomic mass is 35.5. The zero-order valence-electron chi connectivity index (χ0n) is 13.9. The van der Waals surface area contributed by atoms with E-state index in [0.29, 0.717) is 5.71 Å². The second-order valence-electron chi connectivity index (χ2n) is 5.76. The predicted octanol–water partition coefficient (Wildman–Crippen LogP) is 3.75. The van der Waals surface area contributed by atoms with Crippen LogP contribution in [-0.4, -0.2) is 35.5 Å². The first-order chi connectivity index (χ1) is 12.0. The van der Waals surface area contributed by atoms with E-state index in [2.05, 4.69) is 10.3 Å². The number of urea groups is 1. The molecule has 1 aliphatic rings. The number of hydrogen-bond donors (Lipinski definition) is 1. The summed E-state index contributed by atoms with van der Waals surface area (Å²) in [5, 5.41) is 1.87. The topological polar surface area (TPSA) is 78.8 Å². The second kappa shape index (κ2) is 7.45. The summed E-state index contributed by atoms with van der Waals surface area (Å²) in [7, 11) is 1.29. The van der Waals surface area contributed by atoms with Crippen LogP contribution in [0.4, 0.5) is 23.7 Å². The molecular formula is C16H15ClF3N3O3. The van der Waals surface area contributed by atoms with Gasteiger partial charge in [-0.1, -0.05) is 11.6 Å². The minimum absolute atomic E-state index is 0.0561. The molecule has 0 saturated carbocycles. The molecule has 0 aliphatic carbocycles. The smallest absolute Gasteiger partial charge is 0.326 e. The van der Waals surface area contributed by atoms with Gasteiger partial charge in [0.15, 0.2) is 0 Å². The molecule has 0 spiro atoms. The van der Waals surface area contributed by atoms with E-state index < -0.39 is 40.5 Å². The molecule has 0 bridgehead atoms. The van der Waals surface area contributed by atoms with Crippen molar-refractivity contribution >= 4 is 40.8 Å². The molecule has 0 aromatic heterocycles. The fourth-order valence-electron chi connectivity index (χ4n) is 2.46. The van der Waals surface area contributed by atoms with Gasteiger partial charge in [-0.2, -0.15) is 13.2 Å². The van der Waals surface area contributed by atoms with Gasteiger partial charge in [0.25, 0.3) is 0 Å². The Labute approximate surface area is 152 Å². The fraction of sp³-hybridized carbons (Fsp3) is 0.375. The first-order valence-corrected chi connectivity index (χ1v) is 7.92. The Bertz CT molecular complexity index is 793. The fourth-order valence-corrected chi connectivity index (χ4v) is 2.69. The molecule has 6 nitrogen and oxygen atoms in total. The van der Waals surface area contributed by atoms with Crippen LogP contribution in [0.3, 0.4) is 0 Å². The van der Waals surface area contributed by atoms with Crippen molar-refractivity contribution in [3.8, 4) is 0 Å². The lowest BCUT2D eigenvalue weighted by molar-refractivity contribution is -0.137. The van der Waals surface area contributed by atoms with Crippen LogP contribution in [0.2, 0.25) is 5.02 Å². The Balaban J connectivity index is 2.03. The lowest BCUT2D eigenvalue weighted by Gasteiger charge is -2.25. The van der Waals surface area contributed by atoms with E-state index in [-0.39, 0.29) is 18.5 Å². The Hall–Kier alpha value is -2.42. The number of aliphatic imine (C=N–C) groups is 1. The molecule has 2 rings (SSSR count). The monoisotopic (exact) mass is 389 g/mol. The number of nitrogens with zero attached hydrogens (tertiary/aromatic N) is 2. The van der Waals surface area contributed by atoms with Crippen LogP contribution < -0.4 is 5.32 Å². The van der Waals surface area contributed by atoms with Gasteiger partial charge >= 0.3 is 12.2 Å². The zero-order chi connectivity index (χ0) is 19.6. The van der Waals surface area contributed by atoms with Crippen molar-refractivity contribution in [2.24, 2.45) is 10.9 Å². The van der Waals surface area contributed by atoms with E-state index in [0.717, 1.165) is 17.0 Å². The molecule has 1 aromatic carbocycles. The SMILES string of the molecule is CC1=NC(=O)N(C)C(=O)C1CCC(=O)Nc1ccc(Cl)c(C(F)(F)F)c1. The highest BCUT2D eigenvalue weighted by molar-refractivity contribution is 6.31. The molecule has 1 aromatic rings. The summed E-state index contributed by atoms with van der Waals surface area (Å²) in [6.45, 7) is 1.51. The summed E-state index contributed by atoms with van der Waals surface area (Å²) < 4.78 is 38.5. The standard InChI is InChI=1S/C16H15ClF3N3O3/c1-8-10(14(25)23(2)15(26)21-8)4-6-13(24)22-9-3-5-12(17)11(7-9)16(18,19)20/h3,5,7,10H,4,6H2,1-2H3,(H,22,24). The van der Waals surface area contributed by atoms with Crippen molar-refractivity contribution in [2.45, 2.75) is 25.9 Å². The average molecular weight is 390 g/mol. The molecule has 4 amide bonds. The first-order valence-electron chi connectivity index (χ1n) is 7.54. The first kappa shape index (κ1) is 19.9. The van der Waals surface area contributed by atoms with Crippen LogP contribution in [0, 0.1) is 5.92 Å². The number of carbonyl (C=O) groups is 3. The number of halogens is 4. The molecule has 0 radical (unpaired) electrons. The van der Waals surface area contributed by atoms with Gasteiger partial charge in [0.05, 0.1) is 16.5 Å². The van der Waals surface area contributed by atoms with Crippen molar-refractivity contribution in [1.29, 1.82) is 0 Å². The molecule has 0 fully saturated rings. The van der Waals surface area contributed by atoms with Gasteiger partial charge in [-0.3, -0.25) is 14.5 Å². The van der Waals surface area contributed by atoms with Crippen LogP contribution in [0.1, 0.15) is 25.3 Å². The third-order valence-electron chi connectivity index (χ3n) is 3.91. The average Bonchev–Trinajstić information content (AvgIpc) is 2.53. The Morgan fingerprint density at radius 3 is 2.62 bits per heavy atom. The number of benzene rings is 1. The lowest BCUT2D eigenvalue weighted by Crippen LogP contribution is -2.43. The maximum absolute atomic E-state index is 12.8. The molecule has 1 heterocycles. The number of anilines is 1. The minimum atomic E-state index is -4.64. The summed E-state index contributed by atoms with van der Waals surface area (Å²) in [5.74, 6) is -1.76. The van der Waals surface area contributed by atoms with Crippen molar-refractivity contribution in [2.75, 3.05) is 12.4 Å². The van der Waals surface area contributed by atoms with Crippen LogP contribution >= 0.6 is 11.6 Å². The van der Waals surface area contributed by atoms with E-state index in [9.17, 15) is 27.6 Å². The molecule has 1 unspecified atom stereocenters. The molecule has 140 valence electrons. The van der Waals surface area contributed by atoms with Crippen molar-refractivity contribution in [3.05, 3.63) is 28.8 Å². The van der Waals surface area contributed by atoms with Crippen molar-refractivity contribution < 1.29 is 27.6 Å². The van der Waals surface area contributed by atoms with Gasteiger partial charge in [-0.05, 0) is 31.5 Å². The second-order valence-corrected chi connectivity index (χ2v) is 6.17. The third kappa shape index (κ3) is 4.40. The Morgan fingerprint density at radius 2 is 2.00 bits per heavy atom. The zero-order valence-corrected chi connectivity index (χ0v) is 14.6. The van der Waals surface area contributed by atoms with E-state index in [1.807, 2.05) is 0 Å². The van der Waals surface area contributed by atoms with Crippen LogP contribution in [0.25, 0.3) is 0 Å². The summed E-state index contributed by atoms with van der Waals surface area (Å²) in [6, 6.07) is 2.36. The number of imide groups is 1. The molecule has 26 heavy (non-hydrogen) atoms. The number of rotatable bonds is 4. The minimum Gasteiger partial charge on any atom is -0.326 e. The summed E-state index contributed by atoms with van der Waals surface area (Å²) in [6.07, 6.45) is -4.69. The maximum Gasteiger partial charge on any atom is 0.417 e. The largest absolute Gasteiger partial charge is 0.417 e. The Morgan fingerprint density at radius 1 is 1.35 bits per heavy atom. The van der Waals surface area contributed by atoms with Gasteiger partial charge in [-0.15, -0.1) is 0 Å². The lowest BCUT2D eigenvalue weighted by atomic mass is 9.95. The van der Waals surface area contributed by atoms with Gasteiger partial charge in [-0.25, -0.2) is 9.79 Å². The number of hydrogen-bond acceptors (Lipinski definition) is 3. The number of nitrogens with one attached hydrogen (secondary N) is 1. The molecule has 0 saturated heterocycles. The van der Waals surface area contributed by atoms with Crippen molar-refractivity contribution in [1.82, 2.24) is 4.90 Å². The third-order valence-corrected chi connectivity index (χ3v) is 4.24. The molecular weight excluding hydrogens is 375 g/mol. The summed E-state index contributed by atoms with van der Waals surface area (Å²) >= 11 is 5.52. The molecule has 1 N–H and O–H groups in total. The quantitative estimate of drug-likeness (QED) is 0.851. The Kier molecular flexibility index (Phi) is 5.70. The highest BCUT2D eigenvalue weighted by Crippen LogP contribution is 2.36. The molecule has 1 atom stereocenters. The van der Waals surface area contributed by atoms with Gasteiger partial charge in [0, 0.05) is 24.9 Å². The molecule has 1 aliphatic heterocycles. The summed E-state index contributed by atoms with van der Waals surface area (Å²) in [4.78, 5) is 40.1. The molecule has 10 heteroatoms. The van der Waals surface area contributed by atoms with Crippen LogP contribution in [0.5, 0.6) is 0 Å². The highest BCUT2D eigenvalue weighted by Gasteiger charge is 2.34. The normalized spacial score (nSPS) is 18.0. The van der Waals surface area contributed by atoms with Crippen LogP contribution in [-0.2, 0) is 15.8 Å². The van der Waals surface area contributed by atoms with Crippen molar-refractivity contribution in [3.63, 3.8) is 0 Å². The van der Waals surface area contributed by atoms with Gasteiger partial charge in [0.2, 0.25) is 11.8 Å². The number of amides is 4.